The van der Waals surface area contributed by atoms with Crippen molar-refractivity contribution < 1.29 is 4.74 Å². The van der Waals surface area contributed by atoms with Crippen LogP contribution >= 0.6 is 0 Å². The van der Waals surface area contributed by atoms with Crippen molar-refractivity contribution >= 4 is 10.9 Å². The van der Waals surface area contributed by atoms with Crippen LogP contribution < -0.4 is 5.32 Å². The highest BCUT2D eigenvalue weighted by molar-refractivity contribution is 5.83. The molecule has 1 saturated heterocycles. The van der Waals surface area contributed by atoms with E-state index in [1.54, 1.807) is 0 Å². The maximum absolute atomic E-state index is 5.38. The first-order valence-electron chi connectivity index (χ1n) is 7.18. The van der Waals surface area contributed by atoms with Gasteiger partial charge in [0.05, 0.1) is 0 Å². The van der Waals surface area contributed by atoms with E-state index in [4.69, 9.17) is 4.74 Å². The molecule has 0 aliphatic carbocycles. The number of aryl methyl sites for hydroxylation is 1. The number of rotatable bonds is 4. The summed E-state index contributed by atoms with van der Waals surface area (Å²) in [6.07, 6.45) is 2.39. The fourth-order valence-electron chi connectivity index (χ4n) is 2.82. The van der Waals surface area contributed by atoms with Gasteiger partial charge in [-0.1, -0.05) is 18.2 Å². The average molecular weight is 258 g/mol. The molecule has 3 nitrogen and oxygen atoms in total. The Kier molecular flexibility index (Phi) is 3.85. The molecule has 1 fully saturated rings. The topological polar surface area (TPSA) is 37.0 Å². The van der Waals surface area contributed by atoms with Crippen LogP contribution in [0, 0.1) is 12.8 Å². The van der Waals surface area contributed by atoms with Crippen LogP contribution in [0.5, 0.6) is 0 Å². The lowest BCUT2D eigenvalue weighted by atomic mass is 10.0. The molecule has 0 radical (unpaired) electrons. The zero-order chi connectivity index (χ0) is 13.1. The van der Waals surface area contributed by atoms with E-state index in [2.05, 4.69) is 41.5 Å². The molecule has 3 rings (SSSR count). The molecule has 0 amide bonds. The maximum Gasteiger partial charge on any atom is 0.0486 e. The zero-order valence-corrected chi connectivity index (χ0v) is 11.5. The SMILES string of the molecule is Cc1cccc2cc(CNCC3CCOCC3)[nH]c12. The smallest absolute Gasteiger partial charge is 0.0486 e. The minimum atomic E-state index is 0.778. The fourth-order valence-corrected chi connectivity index (χ4v) is 2.82. The summed E-state index contributed by atoms with van der Waals surface area (Å²) in [7, 11) is 0. The molecule has 0 spiro atoms. The summed E-state index contributed by atoms with van der Waals surface area (Å²) in [5.41, 5.74) is 3.86. The summed E-state index contributed by atoms with van der Waals surface area (Å²) in [4.78, 5) is 3.51. The van der Waals surface area contributed by atoms with Gasteiger partial charge >= 0.3 is 0 Å². The second kappa shape index (κ2) is 5.76. The van der Waals surface area contributed by atoms with E-state index in [-0.39, 0.29) is 0 Å². The van der Waals surface area contributed by atoms with Gasteiger partial charge in [-0.2, -0.15) is 0 Å². The highest BCUT2D eigenvalue weighted by Crippen LogP contribution is 2.19. The van der Waals surface area contributed by atoms with E-state index in [1.165, 1.54) is 35.0 Å². The van der Waals surface area contributed by atoms with Gasteiger partial charge in [0, 0.05) is 31.0 Å². The number of nitrogens with one attached hydrogen (secondary N) is 2. The maximum atomic E-state index is 5.38. The van der Waals surface area contributed by atoms with Gasteiger partial charge in [0.1, 0.15) is 0 Å². The summed E-state index contributed by atoms with van der Waals surface area (Å²) in [5, 5.41) is 4.87. The molecule has 19 heavy (non-hydrogen) atoms. The third-order valence-electron chi connectivity index (χ3n) is 4.01. The molecule has 2 N–H and O–H groups in total. The van der Waals surface area contributed by atoms with Crippen LogP contribution in [0.2, 0.25) is 0 Å². The molecule has 3 heteroatoms. The van der Waals surface area contributed by atoms with E-state index in [9.17, 15) is 0 Å². The van der Waals surface area contributed by atoms with E-state index in [1.807, 2.05) is 0 Å². The van der Waals surface area contributed by atoms with E-state index in [0.29, 0.717) is 0 Å². The molecule has 1 aliphatic rings. The number of hydrogen-bond donors (Lipinski definition) is 2. The summed E-state index contributed by atoms with van der Waals surface area (Å²) in [6, 6.07) is 8.68. The highest BCUT2D eigenvalue weighted by atomic mass is 16.5. The van der Waals surface area contributed by atoms with Gasteiger partial charge in [-0.15, -0.1) is 0 Å². The van der Waals surface area contributed by atoms with Crippen LogP contribution in [0.25, 0.3) is 10.9 Å². The van der Waals surface area contributed by atoms with Gasteiger partial charge in [-0.3, -0.25) is 0 Å². The number of aromatic amines is 1. The molecular weight excluding hydrogens is 236 g/mol. The standard InChI is InChI=1S/C16H22N2O/c1-12-3-2-4-14-9-15(18-16(12)14)11-17-10-13-5-7-19-8-6-13/h2-4,9,13,17-18H,5-8,10-11H2,1H3. The Morgan fingerprint density at radius 2 is 2.16 bits per heavy atom. The Hall–Kier alpha value is -1.32. The van der Waals surface area contributed by atoms with Crippen molar-refractivity contribution in [2.75, 3.05) is 19.8 Å². The summed E-state index contributed by atoms with van der Waals surface area (Å²) < 4.78 is 5.38. The Balaban J connectivity index is 1.57. The molecule has 1 aromatic heterocycles. The van der Waals surface area contributed by atoms with E-state index >= 15 is 0 Å². The van der Waals surface area contributed by atoms with Gasteiger partial charge in [-0.25, -0.2) is 0 Å². The highest BCUT2D eigenvalue weighted by Gasteiger charge is 2.13. The van der Waals surface area contributed by atoms with Crippen molar-refractivity contribution in [3.63, 3.8) is 0 Å². The minimum Gasteiger partial charge on any atom is -0.381 e. The van der Waals surface area contributed by atoms with Crippen molar-refractivity contribution in [3.8, 4) is 0 Å². The lowest BCUT2D eigenvalue weighted by Crippen LogP contribution is -2.27. The Morgan fingerprint density at radius 1 is 1.32 bits per heavy atom. The number of H-pyrrole nitrogens is 1. The van der Waals surface area contributed by atoms with Crippen molar-refractivity contribution in [1.29, 1.82) is 0 Å². The van der Waals surface area contributed by atoms with Crippen LogP contribution in [0.15, 0.2) is 24.3 Å². The summed E-state index contributed by atoms with van der Waals surface area (Å²) in [5.74, 6) is 0.778. The van der Waals surface area contributed by atoms with Crippen molar-refractivity contribution in [1.82, 2.24) is 10.3 Å². The lowest BCUT2D eigenvalue weighted by molar-refractivity contribution is 0.0662. The molecule has 2 aromatic rings. The van der Waals surface area contributed by atoms with Crippen molar-refractivity contribution in [3.05, 3.63) is 35.5 Å². The average Bonchev–Trinajstić information content (AvgIpc) is 2.84. The Morgan fingerprint density at radius 3 is 2.95 bits per heavy atom. The van der Waals surface area contributed by atoms with Gasteiger partial charge < -0.3 is 15.0 Å². The monoisotopic (exact) mass is 258 g/mol. The molecule has 0 bridgehead atoms. The van der Waals surface area contributed by atoms with E-state index < -0.39 is 0 Å². The number of ether oxygens (including phenoxy) is 1. The van der Waals surface area contributed by atoms with Crippen LogP contribution in [-0.4, -0.2) is 24.7 Å². The minimum absolute atomic E-state index is 0.778. The first-order chi connectivity index (χ1) is 9.33. The quantitative estimate of drug-likeness (QED) is 0.884. The van der Waals surface area contributed by atoms with Crippen LogP contribution in [0.4, 0.5) is 0 Å². The predicted octanol–water partition coefficient (Wildman–Crippen LogP) is 2.99. The zero-order valence-electron chi connectivity index (χ0n) is 11.5. The predicted molar refractivity (Wildman–Crippen MR) is 78.3 cm³/mol. The van der Waals surface area contributed by atoms with Crippen LogP contribution in [-0.2, 0) is 11.3 Å². The molecule has 1 aromatic carbocycles. The molecule has 2 heterocycles. The number of para-hydroxylation sites is 1. The Labute approximate surface area is 114 Å². The third-order valence-corrected chi connectivity index (χ3v) is 4.01. The normalized spacial score (nSPS) is 17.1. The number of aromatic nitrogens is 1. The van der Waals surface area contributed by atoms with Gasteiger partial charge in [-0.05, 0) is 49.2 Å². The first kappa shape index (κ1) is 12.7. The summed E-state index contributed by atoms with van der Waals surface area (Å²) in [6.45, 7) is 6.02. The first-order valence-corrected chi connectivity index (χ1v) is 7.18. The number of fused-ring (bicyclic) bond motifs is 1. The van der Waals surface area contributed by atoms with E-state index in [0.717, 1.165) is 32.2 Å². The molecule has 0 atom stereocenters. The van der Waals surface area contributed by atoms with Gasteiger partial charge in [0.15, 0.2) is 0 Å². The van der Waals surface area contributed by atoms with Gasteiger partial charge in [0.25, 0.3) is 0 Å². The summed E-state index contributed by atoms with van der Waals surface area (Å²) >= 11 is 0. The number of hydrogen-bond acceptors (Lipinski definition) is 2. The van der Waals surface area contributed by atoms with Crippen LogP contribution in [0.1, 0.15) is 24.1 Å². The second-order valence-electron chi connectivity index (χ2n) is 5.52. The molecule has 0 unspecified atom stereocenters. The fraction of sp³-hybridized carbons (Fsp3) is 0.500. The molecule has 0 saturated carbocycles. The largest absolute Gasteiger partial charge is 0.381 e. The molecule has 1 aliphatic heterocycles. The van der Waals surface area contributed by atoms with Crippen molar-refractivity contribution in [2.45, 2.75) is 26.3 Å². The van der Waals surface area contributed by atoms with Crippen LogP contribution in [0.3, 0.4) is 0 Å². The molecular formula is C16H22N2O. The van der Waals surface area contributed by atoms with Gasteiger partial charge in [0.2, 0.25) is 0 Å². The Bertz CT molecular complexity index is 541. The molecule has 102 valence electrons. The third kappa shape index (κ3) is 2.99. The lowest BCUT2D eigenvalue weighted by Gasteiger charge is -2.22. The van der Waals surface area contributed by atoms with Crippen molar-refractivity contribution in [2.24, 2.45) is 5.92 Å². The number of benzene rings is 1. The second-order valence-corrected chi connectivity index (χ2v) is 5.52.